The van der Waals surface area contributed by atoms with E-state index in [1.807, 2.05) is 31.2 Å². The molecule has 0 bridgehead atoms. The van der Waals surface area contributed by atoms with Crippen LogP contribution in [0.1, 0.15) is 42.9 Å². The number of benzene rings is 1. The molecule has 110 valence electrons. The fourth-order valence-corrected chi connectivity index (χ4v) is 2.88. The fraction of sp³-hybridized carbons (Fsp3) is 0.562. The van der Waals surface area contributed by atoms with Crippen molar-refractivity contribution in [3.63, 3.8) is 0 Å². The molecule has 1 aliphatic rings. The number of nitrogens with two attached hydrogens (primary N) is 1. The van der Waals surface area contributed by atoms with E-state index in [0.29, 0.717) is 0 Å². The van der Waals surface area contributed by atoms with Crippen molar-refractivity contribution in [2.24, 2.45) is 11.7 Å². The Kier molecular flexibility index (Phi) is 5.15. The van der Waals surface area contributed by atoms with Crippen LogP contribution in [0.3, 0.4) is 0 Å². The smallest absolute Gasteiger partial charge is 0.223 e. The predicted molar refractivity (Wildman–Crippen MR) is 79.1 cm³/mol. The van der Waals surface area contributed by atoms with E-state index >= 15 is 0 Å². The van der Waals surface area contributed by atoms with Crippen LogP contribution >= 0.6 is 0 Å². The average Bonchev–Trinajstić information content (AvgIpc) is 2.45. The molecule has 1 aromatic carbocycles. The molecule has 1 amide bonds. The van der Waals surface area contributed by atoms with E-state index in [-0.39, 0.29) is 24.4 Å². The molecule has 3 unspecified atom stereocenters. The van der Waals surface area contributed by atoms with Crippen LogP contribution in [0.5, 0.6) is 0 Å². The summed E-state index contributed by atoms with van der Waals surface area (Å²) in [7, 11) is 0. The molecule has 2 rings (SSSR count). The first-order valence-corrected chi connectivity index (χ1v) is 7.35. The lowest BCUT2D eigenvalue weighted by Crippen LogP contribution is -2.39. The van der Waals surface area contributed by atoms with Crippen LogP contribution in [0.25, 0.3) is 0 Å². The third-order valence-electron chi connectivity index (χ3n) is 4.10. The Hall–Kier alpha value is -1.39. The van der Waals surface area contributed by atoms with Crippen LogP contribution < -0.4 is 11.1 Å². The quantitative estimate of drug-likeness (QED) is 0.783. The number of nitrogens with one attached hydrogen (secondary N) is 1. The molecule has 4 nitrogen and oxygen atoms in total. The highest BCUT2D eigenvalue weighted by Gasteiger charge is 2.25. The molecule has 4 N–H and O–H groups in total. The third-order valence-corrected chi connectivity index (χ3v) is 4.10. The number of carbonyl (C=O) groups excluding carboxylic acids is 1. The topological polar surface area (TPSA) is 75.3 Å². The van der Waals surface area contributed by atoms with E-state index in [2.05, 4.69) is 5.32 Å². The number of aliphatic hydroxyl groups excluding tert-OH is 1. The Bertz CT molecular complexity index is 462. The predicted octanol–water partition coefficient (Wildman–Crippen LogP) is 1.66. The summed E-state index contributed by atoms with van der Waals surface area (Å²) in [5.41, 5.74) is 7.81. The monoisotopic (exact) mass is 276 g/mol. The third kappa shape index (κ3) is 3.81. The molecule has 0 saturated heterocycles. The Labute approximate surface area is 120 Å². The molecular formula is C16H24N2O2. The molecule has 1 saturated carbocycles. The van der Waals surface area contributed by atoms with Crippen molar-refractivity contribution in [1.29, 1.82) is 0 Å². The van der Waals surface area contributed by atoms with Gasteiger partial charge in [-0.1, -0.05) is 30.7 Å². The van der Waals surface area contributed by atoms with Gasteiger partial charge in [-0.05, 0) is 37.3 Å². The molecule has 20 heavy (non-hydrogen) atoms. The van der Waals surface area contributed by atoms with Gasteiger partial charge in [-0.2, -0.15) is 0 Å². The molecule has 0 heterocycles. The summed E-state index contributed by atoms with van der Waals surface area (Å²) >= 11 is 0. The number of amides is 1. The molecule has 0 spiro atoms. The van der Waals surface area contributed by atoms with Gasteiger partial charge < -0.3 is 16.2 Å². The molecule has 1 fully saturated rings. The summed E-state index contributed by atoms with van der Waals surface area (Å²) in [4.78, 5) is 12.1. The minimum atomic E-state index is -0.655. The molecule has 1 aliphatic carbocycles. The Morgan fingerprint density at radius 2 is 2.20 bits per heavy atom. The van der Waals surface area contributed by atoms with Crippen LogP contribution in [0.2, 0.25) is 0 Å². The second-order valence-corrected chi connectivity index (χ2v) is 5.74. The number of aliphatic hydroxyl groups is 1. The van der Waals surface area contributed by atoms with Crippen molar-refractivity contribution in [1.82, 2.24) is 5.32 Å². The van der Waals surface area contributed by atoms with E-state index in [4.69, 9.17) is 5.73 Å². The zero-order chi connectivity index (χ0) is 14.5. The normalized spacial score (nSPS) is 24.1. The average molecular weight is 276 g/mol. The summed E-state index contributed by atoms with van der Waals surface area (Å²) in [5, 5.41) is 13.0. The van der Waals surface area contributed by atoms with Gasteiger partial charge in [0.25, 0.3) is 0 Å². The lowest BCUT2D eigenvalue weighted by Gasteiger charge is -2.26. The van der Waals surface area contributed by atoms with E-state index in [1.165, 1.54) is 0 Å². The first-order chi connectivity index (χ1) is 9.58. The molecular weight excluding hydrogens is 252 g/mol. The Morgan fingerprint density at radius 3 is 2.90 bits per heavy atom. The largest absolute Gasteiger partial charge is 0.387 e. The van der Waals surface area contributed by atoms with Crippen molar-refractivity contribution in [3.05, 3.63) is 35.4 Å². The molecule has 0 aromatic heterocycles. The standard InChI is InChI=1S/C16H24N2O2/c1-11-5-2-3-8-14(11)15(19)10-18-16(20)12-6-4-7-13(17)9-12/h2-3,5,8,12-13,15,19H,4,6-7,9-10,17H2,1H3,(H,18,20). The first kappa shape index (κ1) is 15.0. The SMILES string of the molecule is Cc1ccccc1C(O)CNC(=O)C1CCCC(N)C1. The number of aryl methyl sites for hydroxylation is 1. The van der Waals surface area contributed by atoms with Crippen LogP contribution in [0.4, 0.5) is 0 Å². The second-order valence-electron chi connectivity index (χ2n) is 5.74. The molecule has 0 radical (unpaired) electrons. The summed E-state index contributed by atoms with van der Waals surface area (Å²) in [6.45, 7) is 2.22. The lowest BCUT2D eigenvalue weighted by molar-refractivity contribution is -0.126. The minimum Gasteiger partial charge on any atom is -0.387 e. The first-order valence-electron chi connectivity index (χ1n) is 7.35. The van der Waals surface area contributed by atoms with Crippen LogP contribution in [-0.2, 0) is 4.79 Å². The highest BCUT2D eigenvalue weighted by atomic mass is 16.3. The van der Waals surface area contributed by atoms with Crippen LogP contribution in [-0.4, -0.2) is 23.6 Å². The maximum absolute atomic E-state index is 12.1. The maximum Gasteiger partial charge on any atom is 0.223 e. The van der Waals surface area contributed by atoms with E-state index in [1.54, 1.807) is 0 Å². The summed E-state index contributed by atoms with van der Waals surface area (Å²) in [6.07, 6.45) is 3.03. The highest BCUT2D eigenvalue weighted by Crippen LogP contribution is 2.23. The van der Waals surface area contributed by atoms with Crippen molar-refractivity contribution in [2.75, 3.05) is 6.54 Å². The van der Waals surface area contributed by atoms with Gasteiger partial charge in [-0.25, -0.2) is 0 Å². The summed E-state index contributed by atoms with van der Waals surface area (Å²) < 4.78 is 0. The van der Waals surface area contributed by atoms with Gasteiger partial charge in [0.2, 0.25) is 5.91 Å². The summed E-state index contributed by atoms with van der Waals surface area (Å²) in [6, 6.07) is 7.82. The second kappa shape index (κ2) is 6.86. The van der Waals surface area contributed by atoms with Gasteiger partial charge in [-0.3, -0.25) is 4.79 Å². The number of carbonyl (C=O) groups is 1. The Morgan fingerprint density at radius 1 is 1.45 bits per heavy atom. The van der Waals surface area contributed by atoms with Gasteiger partial charge in [0.1, 0.15) is 0 Å². The van der Waals surface area contributed by atoms with Crippen molar-refractivity contribution in [3.8, 4) is 0 Å². The maximum atomic E-state index is 12.1. The van der Waals surface area contributed by atoms with E-state index in [9.17, 15) is 9.90 Å². The van der Waals surface area contributed by atoms with E-state index in [0.717, 1.165) is 36.8 Å². The van der Waals surface area contributed by atoms with Gasteiger partial charge >= 0.3 is 0 Å². The van der Waals surface area contributed by atoms with Crippen molar-refractivity contribution < 1.29 is 9.90 Å². The molecule has 0 aliphatic heterocycles. The lowest BCUT2D eigenvalue weighted by atomic mass is 9.85. The highest BCUT2D eigenvalue weighted by molar-refractivity contribution is 5.78. The fourth-order valence-electron chi connectivity index (χ4n) is 2.88. The Balaban J connectivity index is 1.85. The van der Waals surface area contributed by atoms with Gasteiger partial charge in [-0.15, -0.1) is 0 Å². The van der Waals surface area contributed by atoms with Crippen LogP contribution in [0, 0.1) is 12.8 Å². The minimum absolute atomic E-state index is 0.00261. The van der Waals surface area contributed by atoms with Gasteiger partial charge in [0.05, 0.1) is 6.10 Å². The zero-order valence-electron chi connectivity index (χ0n) is 12.0. The molecule has 4 heteroatoms. The number of hydrogen-bond acceptors (Lipinski definition) is 3. The van der Waals surface area contributed by atoms with Crippen molar-refractivity contribution in [2.45, 2.75) is 44.8 Å². The van der Waals surface area contributed by atoms with Crippen molar-refractivity contribution >= 4 is 5.91 Å². The number of hydrogen-bond donors (Lipinski definition) is 3. The molecule has 3 atom stereocenters. The van der Waals surface area contributed by atoms with Gasteiger partial charge in [0.15, 0.2) is 0 Å². The van der Waals surface area contributed by atoms with Gasteiger partial charge in [0, 0.05) is 18.5 Å². The molecule has 1 aromatic rings. The van der Waals surface area contributed by atoms with Crippen LogP contribution in [0.15, 0.2) is 24.3 Å². The number of rotatable bonds is 4. The summed E-state index contributed by atoms with van der Waals surface area (Å²) in [5.74, 6) is 0.0237. The zero-order valence-corrected chi connectivity index (χ0v) is 12.0. The van der Waals surface area contributed by atoms with E-state index < -0.39 is 6.10 Å².